The Labute approximate surface area is 130 Å². The van der Waals surface area contributed by atoms with Crippen LogP contribution in [0.2, 0.25) is 0 Å². The van der Waals surface area contributed by atoms with E-state index >= 15 is 0 Å². The van der Waals surface area contributed by atoms with Gasteiger partial charge in [-0.15, -0.1) is 10.2 Å². The standard InChI is InChI=1S/C13H14N4O5S/c1-7(2)12-17-16-11(22-12)6-14-23(19,20)8-3-4-9-10(5-8)21-13(18)15-9/h3-5,7,14H,6H2,1-2H3,(H,15,18). The molecule has 2 aromatic heterocycles. The molecule has 0 aliphatic rings. The average Bonchev–Trinajstić information content (AvgIpc) is 3.09. The van der Waals surface area contributed by atoms with Crippen molar-refractivity contribution in [2.75, 3.05) is 0 Å². The number of oxazole rings is 1. The summed E-state index contributed by atoms with van der Waals surface area (Å²) in [6.07, 6.45) is 0. The molecule has 0 saturated heterocycles. The molecule has 122 valence electrons. The van der Waals surface area contributed by atoms with Gasteiger partial charge in [0.05, 0.1) is 17.0 Å². The number of hydrogen-bond donors (Lipinski definition) is 2. The molecule has 3 rings (SSSR count). The molecule has 2 N–H and O–H groups in total. The SMILES string of the molecule is CC(C)c1nnc(CNS(=O)(=O)c2ccc3[nH]c(=O)oc3c2)o1. The molecule has 1 aromatic carbocycles. The van der Waals surface area contributed by atoms with Gasteiger partial charge in [0.25, 0.3) is 0 Å². The molecule has 0 bridgehead atoms. The van der Waals surface area contributed by atoms with Gasteiger partial charge in [0.2, 0.25) is 21.8 Å². The lowest BCUT2D eigenvalue weighted by Gasteiger charge is -2.04. The number of sulfonamides is 1. The van der Waals surface area contributed by atoms with Gasteiger partial charge >= 0.3 is 5.76 Å². The Balaban J connectivity index is 1.80. The summed E-state index contributed by atoms with van der Waals surface area (Å²) < 4.78 is 37.1. The summed E-state index contributed by atoms with van der Waals surface area (Å²) in [6.45, 7) is 3.65. The van der Waals surface area contributed by atoms with E-state index in [9.17, 15) is 13.2 Å². The van der Waals surface area contributed by atoms with Gasteiger partial charge in [0, 0.05) is 12.0 Å². The van der Waals surface area contributed by atoms with Crippen molar-refractivity contribution in [3.05, 3.63) is 40.5 Å². The third-order valence-electron chi connectivity index (χ3n) is 3.09. The van der Waals surface area contributed by atoms with E-state index in [1.807, 2.05) is 13.8 Å². The predicted octanol–water partition coefficient (Wildman–Crippen LogP) is 1.11. The van der Waals surface area contributed by atoms with E-state index in [1.165, 1.54) is 18.2 Å². The second-order valence-corrected chi connectivity index (χ2v) is 6.95. The maximum atomic E-state index is 12.3. The van der Waals surface area contributed by atoms with E-state index in [4.69, 9.17) is 8.83 Å². The smallest absolute Gasteiger partial charge is 0.417 e. The summed E-state index contributed by atoms with van der Waals surface area (Å²) >= 11 is 0. The van der Waals surface area contributed by atoms with Crippen LogP contribution in [0.15, 0.2) is 36.7 Å². The number of benzene rings is 1. The second-order valence-electron chi connectivity index (χ2n) is 5.19. The van der Waals surface area contributed by atoms with Crippen molar-refractivity contribution in [1.29, 1.82) is 0 Å². The van der Waals surface area contributed by atoms with Crippen LogP contribution in [0.25, 0.3) is 11.1 Å². The highest BCUT2D eigenvalue weighted by atomic mass is 32.2. The first-order valence-electron chi connectivity index (χ1n) is 6.80. The number of H-pyrrole nitrogens is 1. The first-order chi connectivity index (χ1) is 10.8. The Morgan fingerprint density at radius 2 is 2.04 bits per heavy atom. The Kier molecular flexibility index (Phi) is 3.78. The lowest BCUT2D eigenvalue weighted by Crippen LogP contribution is -2.23. The van der Waals surface area contributed by atoms with Gasteiger partial charge in [0.15, 0.2) is 5.58 Å². The predicted molar refractivity (Wildman–Crippen MR) is 79.2 cm³/mol. The third kappa shape index (κ3) is 3.17. The van der Waals surface area contributed by atoms with Crippen LogP contribution in [0.3, 0.4) is 0 Å². The molecule has 0 aliphatic carbocycles. The summed E-state index contributed by atoms with van der Waals surface area (Å²) in [5, 5.41) is 7.61. The molecular weight excluding hydrogens is 324 g/mol. The molecule has 0 saturated carbocycles. The molecular formula is C13H14N4O5S. The highest BCUT2D eigenvalue weighted by Gasteiger charge is 2.18. The van der Waals surface area contributed by atoms with Gasteiger partial charge < -0.3 is 8.83 Å². The Morgan fingerprint density at radius 1 is 1.26 bits per heavy atom. The molecule has 0 fully saturated rings. The maximum absolute atomic E-state index is 12.3. The third-order valence-corrected chi connectivity index (χ3v) is 4.49. The van der Waals surface area contributed by atoms with Gasteiger partial charge in [-0.25, -0.2) is 17.9 Å². The van der Waals surface area contributed by atoms with E-state index in [1.54, 1.807) is 0 Å². The van der Waals surface area contributed by atoms with Crippen molar-refractivity contribution in [3.63, 3.8) is 0 Å². The molecule has 0 aliphatic heterocycles. The Hall–Kier alpha value is -2.46. The van der Waals surface area contributed by atoms with Crippen LogP contribution in [0, 0.1) is 0 Å². The molecule has 9 nitrogen and oxygen atoms in total. The zero-order valence-electron chi connectivity index (χ0n) is 12.4. The van der Waals surface area contributed by atoms with E-state index in [0.29, 0.717) is 11.4 Å². The summed E-state index contributed by atoms with van der Waals surface area (Å²) in [5.74, 6) is 0.0302. The van der Waals surface area contributed by atoms with Gasteiger partial charge in [0.1, 0.15) is 0 Å². The van der Waals surface area contributed by atoms with E-state index < -0.39 is 15.8 Å². The molecule has 0 amide bonds. The van der Waals surface area contributed by atoms with E-state index in [0.717, 1.165) is 0 Å². The van der Waals surface area contributed by atoms with Crippen LogP contribution < -0.4 is 10.5 Å². The number of hydrogen-bond acceptors (Lipinski definition) is 7. The number of aromatic nitrogens is 3. The zero-order valence-corrected chi connectivity index (χ0v) is 13.2. The molecule has 2 heterocycles. The Bertz CT molecular complexity index is 999. The highest BCUT2D eigenvalue weighted by Crippen LogP contribution is 2.17. The molecule has 0 spiro atoms. The Morgan fingerprint density at radius 3 is 2.74 bits per heavy atom. The fourth-order valence-electron chi connectivity index (χ4n) is 1.90. The lowest BCUT2D eigenvalue weighted by atomic mass is 10.2. The molecule has 10 heteroatoms. The minimum absolute atomic E-state index is 0.0312. The topological polar surface area (TPSA) is 131 Å². The molecule has 0 atom stereocenters. The number of aromatic amines is 1. The van der Waals surface area contributed by atoms with Gasteiger partial charge in [-0.2, -0.15) is 0 Å². The van der Waals surface area contributed by atoms with Gasteiger partial charge in [-0.1, -0.05) is 13.8 Å². The van der Waals surface area contributed by atoms with E-state index in [2.05, 4.69) is 19.9 Å². The zero-order chi connectivity index (χ0) is 16.6. The average molecular weight is 338 g/mol. The number of fused-ring (bicyclic) bond motifs is 1. The first-order valence-corrected chi connectivity index (χ1v) is 8.28. The summed E-state index contributed by atoms with van der Waals surface area (Å²) in [5.41, 5.74) is 0.588. The van der Waals surface area contributed by atoms with Crippen LogP contribution in [-0.4, -0.2) is 23.6 Å². The minimum atomic E-state index is -3.81. The summed E-state index contributed by atoms with van der Waals surface area (Å²) in [6, 6.07) is 4.09. The minimum Gasteiger partial charge on any atom is -0.424 e. The first kappa shape index (κ1) is 15.4. The number of nitrogens with one attached hydrogen (secondary N) is 2. The van der Waals surface area contributed by atoms with Gasteiger partial charge in [-0.3, -0.25) is 4.98 Å². The second kappa shape index (κ2) is 5.63. The van der Waals surface area contributed by atoms with Crippen LogP contribution in [0.1, 0.15) is 31.5 Å². The summed E-state index contributed by atoms with van der Waals surface area (Å²) in [7, 11) is -3.81. The van der Waals surface area contributed by atoms with Gasteiger partial charge in [-0.05, 0) is 12.1 Å². The molecule has 0 radical (unpaired) electrons. The van der Waals surface area contributed by atoms with Crippen LogP contribution in [0.5, 0.6) is 0 Å². The summed E-state index contributed by atoms with van der Waals surface area (Å²) in [4.78, 5) is 13.5. The monoisotopic (exact) mass is 338 g/mol. The van der Waals surface area contributed by atoms with Crippen LogP contribution in [0.4, 0.5) is 0 Å². The quantitative estimate of drug-likeness (QED) is 0.712. The highest BCUT2D eigenvalue weighted by molar-refractivity contribution is 7.89. The fraction of sp³-hybridized carbons (Fsp3) is 0.308. The van der Waals surface area contributed by atoms with Crippen molar-refractivity contribution in [1.82, 2.24) is 19.9 Å². The van der Waals surface area contributed by atoms with Crippen LogP contribution >= 0.6 is 0 Å². The fourth-order valence-corrected chi connectivity index (χ4v) is 2.89. The lowest BCUT2D eigenvalue weighted by molar-refractivity contribution is 0.427. The number of nitrogens with zero attached hydrogens (tertiary/aromatic N) is 2. The molecule has 23 heavy (non-hydrogen) atoms. The van der Waals surface area contributed by atoms with E-state index in [-0.39, 0.29) is 28.8 Å². The van der Waals surface area contributed by atoms with Crippen molar-refractivity contribution < 1.29 is 17.3 Å². The van der Waals surface area contributed by atoms with Crippen molar-refractivity contribution in [2.45, 2.75) is 31.2 Å². The maximum Gasteiger partial charge on any atom is 0.417 e. The number of rotatable bonds is 5. The van der Waals surface area contributed by atoms with Crippen molar-refractivity contribution in [3.8, 4) is 0 Å². The van der Waals surface area contributed by atoms with Crippen LogP contribution in [-0.2, 0) is 16.6 Å². The molecule has 3 aromatic rings. The largest absolute Gasteiger partial charge is 0.424 e. The van der Waals surface area contributed by atoms with Crippen molar-refractivity contribution >= 4 is 21.1 Å². The van der Waals surface area contributed by atoms with Crippen molar-refractivity contribution in [2.24, 2.45) is 0 Å². The normalized spacial score (nSPS) is 12.3. The molecule has 0 unspecified atom stereocenters.